The summed E-state index contributed by atoms with van der Waals surface area (Å²) >= 11 is 0. The minimum absolute atomic E-state index is 0. The van der Waals surface area contributed by atoms with Crippen LogP contribution in [-0.2, 0) is 0 Å². The van der Waals surface area contributed by atoms with Crippen molar-refractivity contribution in [3.63, 3.8) is 0 Å². The number of benzene rings is 2. The third-order valence-electron chi connectivity index (χ3n) is 5.42. The van der Waals surface area contributed by atoms with Crippen LogP contribution in [0, 0.1) is 12.7 Å². The van der Waals surface area contributed by atoms with Gasteiger partial charge in [0.25, 0.3) is 6.43 Å². The molecule has 1 atom stereocenters. The van der Waals surface area contributed by atoms with E-state index < -0.39 is 17.8 Å². The predicted molar refractivity (Wildman–Crippen MR) is 117 cm³/mol. The Labute approximate surface area is 183 Å². The van der Waals surface area contributed by atoms with Gasteiger partial charge in [0.15, 0.2) is 0 Å². The molecule has 3 rings (SSSR count). The molecule has 1 heterocycles. The van der Waals surface area contributed by atoms with Crippen LogP contribution >= 0.6 is 12.4 Å². The molecule has 0 amide bonds. The van der Waals surface area contributed by atoms with E-state index in [1.54, 1.807) is 6.07 Å². The zero-order valence-electron chi connectivity index (χ0n) is 17.6. The van der Waals surface area contributed by atoms with Crippen molar-refractivity contribution in [1.82, 2.24) is 10.2 Å². The molecule has 7 heteroatoms. The molecule has 0 bridgehead atoms. The fraction of sp³-hybridized carbons (Fsp3) is 0.478. The summed E-state index contributed by atoms with van der Waals surface area (Å²) in [6, 6.07) is 10.2. The molecule has 1 N–H and O–H groups in total. The van der Waals surface area contributed by atoms with Crippen LogP contribution in [0.1, 0.15) is 54.5 Å². The Kier molecular flexibility index (Phi) is 9.01. The lowest BCUT2D eigenvalue weighted by Crippen LogP contribution is -2.47. The Balaban J connectivity index is 0.00000320. The summed E-state index contributed by atoms with van der Waals surface area (Å²) in [5.74, 6) is 0.404. The fourth-order valence-electron chi connectivity index (χ4n) is 3.80. The van der Waals surface area contributed by atoms with Gasteiger partial charge in [-0.1, -0.05) is 32.0 Å². The number of halogens is 4. The maximum atomic E-state index is 13.7. The largest absolute Gasteiger partial charge is 0.492 e. The summed E-state index contributed by atoms with van der Waals surface area (Å²) in [5.41, 5.74) is 2.49. The van der Waals surface area contributed by atoms with Crippen molar-refractivity contribution in [2.45, 2.75) is 39.2 Å². The van der Waals surface area contributed by atoms with Gasteiger partial charge in [-0.2, -0.15) is 0 Å². The van der Waals surface area contributed by atoms with Crippen LogP contribution in [0.2, 0.25) is 0 Å². The summed E-state index contributed by atoms with van der Waals surface area (Å²) in [6.45, 7) is 9.72. The summed E-state index contributed by atoms with van der Waals surface area (Å²) in [4.78, 5) is 2.21. The molecule has 1 unspecified atom stereocenters. The molecule has 0 radical (unpaired) electrons. The summed E-state index contributed by atoms with van der Waals surface area (Å²) in [6.07, 6.45) is -2.82. The monoisotopic (exact) mass is 442 g/mol. The molecule has 2 aromatic rings. The first-order valence-electron chi connectivity index (χ1n) is 10.1. The summed E-state index contributed by atoms with van der Waals surface area (Å²) in [7, 11) is 0. The quantitative estimate of drug-likeness (QED) is 0.600. The number of aryl methyl sites for hydroxylation is 1. The van der Waals surface area contributed by atoms with E-state index in [0.717, 1.165) is 30.5 Å². The Morgan fingerprint density at radius 2 is 1.90 bits per heavy atom. The topological polar surface area (TPSA) is 24.5 Å². The maximum Gasteiger partial charge on any atom is 0.266 e. The lowest BCUT2D eigenvalue weighted by atomic mass is 10.0. The van der Waals surface area contributed by atoms with Crippen molar-refractivity contribution in [3.05, 3.63) is 64.5 Å². The van der Waals surface area contributed by atoms with E-state index in [1.165, 1.54) is 11.6 Å². The molecule has 1 aliphatic heterocycles. The molecule has 0 aromatic heterocycles. The van der Waals surface area contributed by atoms with E-state index >= 15 is 0 Å². The molecule has 1 saturated heterocycles. The molecule has 0 spiro atoms. The van der Waals surface area contributed by atoms with Gasteiger partial charge >= 0.3 is 0 Å². The lowest BCUT2D eigenvalue weighted by Gasteiger charge is -2.36. The molecular weight excluding hydrogens is 413 g/mol. The molecule has 0 saturated carbocycles. The number of hydrogen-bond donors (Lipinski definition) is 1. The number of alkyl halides is 2. The van der Waals surface area contributed by atoms with E-state index in [2.05, 4.69) is 42.3 Å². The van der Waals surface area contributed by atoms with Crippen molar-refractivity contribution in [2.24, 2.45) is 0 Å². The second kappa shape index (κ2) is 11.0. The van der Waals surface area contributed by atoms with Crippen molar-refractivity contribution in [3.8, 4) is 5.75 Å². The van der Waals surface area contributed by atoms with E-state index in [9.17, 15) is 13.2 Å². The zero-order valence-corrected chi connectivity index (χ0v) is 18.4. The number of hydrogen-bond acceptors (Lipinski definition) is 3. The van der Waals surface area contributed by atoms with Gasteiger partial charge in [-0.15, -0.1) is 12.4 Å². The Bertz CT molecular complexity index is 832. The van der Waals surface area contributed by atoms with Gasteiger partial charge in [-0.25, -0.2) is 13.2 Å². The van der Waals surface area contributed by atoms with E-state index in [1.807, 2.05) is 6.92 Å². The van der Waals surface area contributed by atoms with Gasteiger partial charge in [-0.3, -0.25) is 4.90 Å². The molecular formula is C23H30ClF3N2O. The van der Waals surface area contributed by atoms with Crippen LogP contribution in [0.5, 0.6) is 5.75 Å². The summed E-state index contributed by atoms with van der Waals surface area (Å²) in [5, 5.41) is 3.30. The number of rotatable bonds is 7. The van der Waals surface area contributed by atoms with Crippen LogP contribution in [0.15, 0.2) is 36.4 Å². The van der Waals surface area contributed by atoms with Crippen molar-refractivity contribution in [1.29, 1.82) is 0 Å². The number of nitrogens with one attached hydrogen (secondary N) is 1. The number of nitrogens with zero attached hydrogens (tertiary/aromatic N) is 1. The van der Waals surface area contributed by atoms with Gasteiger partial charge in [0.05, 0.1) is 5.56 Å². The SMILES string of the molecule is Cc1ccc(C(C)C)c(OCCN2CCNCC2c2ccc(F)c(C(F)F)c2)c1.Cl. The third kappa shape index (κ3) is 5.90. The first-order valence-corrected chi connectivity index (χ1v) is 10.1. The van der Waals surface area contributed by atoms with Crippen molar-refractivity contribution < 1.29 is 17.9 Å². The van der Waals surface area contributed by atoms with Gasteiger partial charge in [0, 0.05) is 32.2 Å². The van der Waals surface area contributed by atoms with Gasteiger partial charge in [-0.05, 0) is 47.7 Å². The van der Waals surface area contributed by atoms with E-state index in [-0.39, 0.29) is 18.4 Å². The van der Waals surface area contributed by atoms with Crippen LogP contribution in [0.25, 0.3) is 0 Å². The van der Waals surface area contributed by atoms with Gasteiger partial charge in [0.2, 0.25) is 0 Å². The van der Waals surface area contributed by atoms with Crippen LogP contribution in [0.4, 0.5) is 13.2 Å². The number of ether oxygens (including phenoxy) is 1. The standard InChI is InChI=1S/C23H29F3N2O.ClH/c1-15(2)18-6-4-16(3)12-22(18)29-11-10-28-9-8-27-14-21(28)17-5-7-20(24)19(13-17)23(25)26;/h4-7,12-13,15,21,23,27H,8-11,14H2,1-3H3;1H. The molecule has 3 nitrogen and oxygen atoms in total. The zero-order chi connectivity index (χ0) is 21.0. The molecule has 30 heavy (non-hydrogen) atoms. The predicted octanol–water partition coefficient (Wildman–Crippen LogP) is 5.64. The molecule has 166 valence electrons. The van der Waals surface area contributed by atoms with E-state index in [4.69, 9.17) is 4.74 Å². The minimum Gasteiger partial charge on any atom is -0.492 e. The highest BCUT2D eigenvalue weighted by molar-refractivity contribution is 5.85. The molecule has 0 aliphatic carbocycles. The fourth-order valence-corrected chi connectivity index (χ4v) is 3.80. The van der Waals surface area contributed by atoms with Gasteiger partial charge < -0.3 is 10.1 Å². The second-order valence-electron chi connectivity index (χ2n) is 7.88. The molecule has 1 aliphatic rings. The second-order valence-corrected chi connectivity index (χ2v) is 7.88. The Morgan fingerprint density at radius 3 is 2.60 bits per heavy atom. The molecule has 2 aromatic carbocycles. The first-order chi connectivity index (χ1) is 13.9. The number of piperazine rings is 1. The maximum absolute atomic E-state index is 13.7. The lowest BCUT2D eigenvalue weighted by molar-refractivity contribution is 0.131. The smallest absolute Gasteiger partial charge is 0.266 e. The average molecular weight is 443 g/mol. The van der Waals surface area contributed by atoms with Crippen molar-refractivity contribution >= 4 is 12.4 Å². The summed E-state index contributed by atoms with van der Waals surface area (Å²) < 4.78 is 46.0. The highest BCUT2D eigenvalue weighted by atomic mass is 35.5. The Hall–Kier alpha value is -1.76. The highest BCUT2D eigenvalue weighted by Crippen LogP contribution is 2.30. The first kappa shape index (κ1) is 24.5. The van der Waals surface area contributed by atoms with Crippen LogP contribution in [0.3, 0.4) is 0 Å². The van der Waals surface area contributed by atoms with E-state index in [0.29, 0.717) is 31.2 Å². The Morgan fingerprint density at radius 1 is 1.13 bits per heavy atom. The highest BCUT2D eigenvalue weighted by Gasteiger charge is 2.25. The average Bonchev–Trinajstić information content (AvgIpc) is 2.68. The third-order valence-corrected chi connectivity index (χ3v) is 5.42. The molecule has 1 fully saturated rings. The van der Waals surface area contributed by atoms with Crippen molar-refractivity contribution in [2.75, 3.05) is 32.8 Å². The minimum atomic E-state index is -2.82. The van der Waals surface area contributed by atoms with Gasteiger partial charge in [0.1, 0.15) is 18.2 Å². The van der Waals surface area contributed by atoms with Crippen LogP contribution < -0.4 is 10.1 Å². The van der Waals surface area contributed by atoms with Crippen LogP contribution in [-0.4, -0.2) is 37.7 Å². The normalized spacial score (nSPS) is 17.3.